The van der Waals surface area contributed by atoms with Gasteiger partial charge in [-0.3, -0.25) is 0 Å². The second-order valence-corrected chi connectivity index (χ2v) is 7.23. The van der Waals surface area contributed by atoms with Gasteiger partial charge in [0.15, 0.2) is 0 Å². The number of rotatable bonds is 4. The second-order valence-electron chi connectivity index (χ2n) is 7.23. The van der Waals surface area contributed by atoms with Crippen LogP contribution in [-0.2, 0) is 4.74 Å². The van der Waals surface area contributed by atoms with Gasteiger partial charge in [0.2, 0.25) is 0 Å². The van der Waals surface area contributed by atoms with Crippen molar-refractivity contribution in [2.24, 2.45) is 0 Å². The van der Waals surface area contributed by atoms with E-state index in [4.69, 9.17) is 14.6 Å². The fourth-order valence-electron chi connectivity index (χ4n) is 2.98. The number of carbonyl (C=O) groups excluding carboxylic acids is 1. The molecule has 0 unspecified atom stereocenters. The molecule has 1 N–H and O–H groups in total. The predicted molar refractivity (Wildman–Crippen MR) is 94.4 cm³/mol. The fourth-order valence-corrected chi connectivity index (χ4v) is 2.98. The molecule has 2 rings (SSSR count). The quantitative estimate of drug-likeness (QED) is 0.892. The van der Waals surface area contributed by atoms with Crippen molar-refractivity contribution in [2.45, 2.75) is 52.1 Å². The van der Waals surface area contributed by atoms with E-state index in [0.29, 0.717) is 25.4 Å². The lowest BCUT2D eigenvalue weighted by atomic mass is 9.88. The Morgan fingerprint density at radius 2 is 1.88 bits per heavy atom. The molecule has 0 saturated carbocycles. The fraction of sp³-hybridized carbons (Fsp3) is 0.579. The van der Waals surface area contributed by atoms with E-state index in [1.165, 1.54) is 0 Å². The van der Waals surface area contributed by atoms with E-state index in [1.807, 2.05) is 33.8 Å². The minimum atomic E-state index is -0.966. The summed E-state index contributed by atoms with van der Waals surface area (Å²) in [6.07, 6.45) is 1.31. The van der Waals surface area contributed by atoms with Gasteiger partial charge in [0, 0.05) is 13.1 Å². The van der Waals surface area contributed by atoms with Gasteiger partial charge in [0.05, 0.1) is 12.2 Å². The average molecular weight is 349 g/mol. The maximum atomic E-state index is 12.2. The molecule has 0 bridgehead atoms. The third-order valence-electron chi connectivity index (χ3n) is 4.15. The van der Waals surface area contributed by atoms with Crippen LogP contribution in [0.1, 0.15) is 62.4 Å². The highest BCUT2D eigenvalue weighted by Gasteiger charge is 2.29. The molecule has 1 amide bonds. The molecule has 1 aliphatic heterocycles. The van der Waals surface area contributed by atoms with Gasteiger partial charge in [-0.1, -0.05) is 6.07 Å². The topological polar surface area (TPSA) is 76.1 Å². The van der Waals surface area contributed by atoms with Crippen LogP contribution in [0, 0.1) is 0 Å². The van der Waals surface area contributed by atoms with Gasteiger partial charge in [-0.25, -0.2) is 9.59 Å². The first kappa shape index (κ1) is 19.1. The number of nitrogens with zero attached hydrogens (tertiary/aromatic N) is 1. The molecular weight excluding hydrogens is 322 g/mol. The van der Waals surface area contributed by atoms with E-state index < -0.39 is 11.6 Å². The average Bonchev–Trinajstić information content (AvgIpc) is 2.53. The summed E-state index contributed by atoms with van der Waals surface area (Å²) in [5.74, 6) is -0.103. The van der Waals surface area contributed by atoms with E-state index in [0.717, 1.165) is 18.4 Å². The molecule has 1 fully saturated rings. The molecule has 1 heterocycles. The molecule has 0 aliphatic carbocycles. The Morgan fingerprint density at radius 1 is 1.24 bits per heavy atom. The third kappa shape index (κ3) is 5.11. The first-order chi connectivity index (χ1) is 11.7. The van der Waals surface area contributed by atoms with Crippen molar-refractivity contribution in [3.05, 3.63) is 29.3 Å². The van der Waals surface area contributed by atoms with Crippen LogP contribution in [0.2, 0.25) is 0 Å². The summed E-state index contributed by atoms with van der Waals surface area (Å²) in [6, 6.07) is 5.03. The summed E-state index contributed by atoms with van der Waals surface area (Å²) in [5.41, 5.74) is 0.733. The van der Waals surface area contributed by atoms with Crippen molar-refractivity contribution in [1.29, 1.82) is 0 Å². The van der Waals surface area contributed by atoms with Gasteiger partial charge in [-0.15, -0.1) is 0 Å². The van der Waals surface area contributed by atoms with Crippen molar-refractivity contribution in [3.8, 4) is 5.75 Å². The Kier molecular flexibility index (Phi) is 5.93. The van der Waals surface area contributed by atoms with Gasteiger partial charge in [-0.2, -0.15) is 0 Å². The molecule has 1 aliphatic rings. The summed E-state index contributed by atoms with van der Waals surface area (Å²) >= 11 is 0. The number of ether oxygens (including phenoxy) is 2. The standard InChI is InChI=1S/C19H27NO5/c1-5-24-16-12-14(17(21)22)6-7-15(16)13-8-10-20(11-9-13)18(23)25-19(2,3)4/h6-7,12-13H,5,8-11H2,1-4H3,(H,21,22). The zero-order chi connectivity index (χ0) is 18.6. The van der Waals surface area contributed by atoms with Gasteiger partial charge >= 0.3 is 12.1 Å². The van der Waals surface area contributed by atoms with Gasteiger partial charge < -0.3 is 19.5 Å². The highest BCUT2D eigenvalue weighted by Crippen LogP contribution is 2.35. The number of amides is 1. The van der Waals surface area contributed by atoms with E-state index >= 15 is 0 Å². The van der Waals surface area contributed by atoms with Crippen LogP contribution in [0.5, 0.6) is 5.75 Å². The predicted octanol–water partition coefficient (Wildman–Crippen LogP) is 3.90. The lowest BCUT2D eigenvalue weighted by Crippen LogP contribution is -2.41. The molecule has 6 nitrogen and oxygen atoms in total. The number of likely N-dealkylation sites (tertiary alicyclic amines) is 1. The molecule has 0 atom stereocenters. The number of piperidine rings is 1. The Morgan fingerprint density at radius 3 is 2.40 bits per heavy atom. The van der Waals surface area contributed by atoms with E-state index in [1.54, 1.807) is 17.0 Å². The van der Waals surface area contributed by atoms with Gasteiger partial charge in [0.25, 0.3) is 0 Å². The first-order valence-electron chi connectivity index (χ1n) is 8.69. The summed E-state index contributed by atoms with van der Waals surface area (Å²) < 4.78 is 11.1. The highest BCUT2D eigenvalue weighted by atomic mass is 16.6. The number of benzene rings is 1. The second kappa shape index (κ2) is 7.76. The lowest BCUT2D eigenvalue weighted by Gasteiger charge is -2.34. The molecule has 6 heteroatoms. The Bertz CT molecular complexity index is 627. The molecule has 25 heavy (non-hydrogen) atoms. The SMILES string of the molecule is CCOc1cc(C(=O)O)ccc1C1CCN(C(=O)OC(C)(C)C)CC1. The van der Waals surface area contributed by atoms with Gasteiger partial charge in [-0.05, 0) is 64.2 Å². The summed E-state index contributed by atoms with van der Waals surface area (Å²) in [7, 11) is 0. The Labute approximate surface area is 148 Å². The molecule has 0 spiro atoms. The number of carbonyl (C=O) groups is 2. The molecular formula is C19H27NO5. The van der Waals surface area contributed by atoms with E-state index in [-0.39, 0.29) is 17.6 Å². The number of hydrogen-bond donors (Lipinski definition) is 1. The number of carboxylic acids is 1. The first-order valence-corrected chi connectivity index (χ1v) is 8.69. The minimum Gasteiger partial charge on any atom is -0.494 e. The highest BCUT2D eigenvalue weighted by molar-refractivity contribution is 5.88. The lowest BCUT2D eigenvalue weighted by molar-refractivity contribution is 0.0204. The van der Waals surface area contributed by atoms with Crippen LogP contribution in [0.3, 0.4) is 0 Å². The molecule has 0 aromatic heterocycles. The van der Waals surface area contributed by atoms with Crippen LogP contribution in [-0.4, -0.2) is 47.4 Å². The summed E-state index contributed by atoms with van der Waals surface area (Å²) in [4.78, 5) is 25.1. The smallest absolute Gasteiger partial charge is 0.410 e. The van der Waals surface area contributed by atoms with E-state index in [2.05, 4.69) is 0 Å². The molecule has 1 saturated heterocycles. The maximum absolute atomic E-state index is 12.2. The van der Waals surface area contributed by atoms with Crippen molar-refractivity contribution in [1.82, 2.24) is 4.90 Å². The van der Waals surface area contributed by atoms with Crippen LogP contribution in [0.25, 0.3) is 0 Å². The molecule has 1 aromatic rings. The monoisotopic (exact) mass is 349 g/mol. The van der Waals surface area contributed by atoms with E-state index in [9.17, 15) is 9.59 Å². The van der Waals surface area contributed by atoms with Crippen molar-refractivity contribution < 1.29 is 24.2 Å². The summed E-state index contributed by atoms with van der Waals surface area (Å²) in [5, 5.41) is 9.15. The van der Waals surface area contributed by atoms with Crippen LogP contribution in [0.4, 0.5) is 4.79 Å². The van der Waals surface area contributed by atoms with Crippen molar-refractivity contribution in [3.63, 3.8) is 0 Å². The van der Waals surface area contributed by atoms with Crippen LogP contribution >= 0.6 is 0 Å². The molecule has 138 valence electrons. The van der Waals surface area contributed by atoms with Crippen LogP contribution < -0.4 is 4.74 Å². The van der Waals surface area contributed by atoms with Crippen molar-refractivity contribution >= 4 is 12.1 Å². The van der Waals surface area contributed by atoms with Crippen LogP contribution in [0.15, 0.2) is 18.2 Å². The molecule has 1 aromatic carbocycles. The third-order valence-corrected chi connectivity index (χ3v) is 4.15. The van der Waals surface area contributed by atoms with Crippen molar-refractivity contribution in [2.75, 3.05) is 19.7 Å². The Hall–Kier alpha value is -2.24. The number of hydrogen-bond acceptors (Lipinski definition) is 4. The zero-order valence-corrected chi connectivity index (χ0v) is 15.4. The Balaban J connectivity index is 2.07. The van der Waals surface area contributed by atoms with Gasteiger partial charge in [0.1, 0.15) is 11.4 Å². The zero-order valence-electron chi connectivity index (χ0n) is 15.4. The molecule has 0 radical (unpaired) electrons. The number of aromatic carboxylic acids is 1. The summed E-state index contributed by atoms with van der Waals surface area (Å²) in [6.45, 7) is 9.16. The largest absolute Gasteiger partial charge is 0.494 e. The normalized spacial score (nSPS) is 15.8. The maximum Gasteiger partial charge on any atom is 0.410 e. The number of carboxylic acid groups (broad SMARTS) is 1. The minimum absolute atomic E-state index is 0.221.